The molecule has 0 saturated carbocycles. The van der Waals surface area contributed by atoms with Gasteiger partial charge in [-0.3, -0.25) is 10.1 Å². The summed E-state index contributed by atoms with van der Waals surface area (Å²) >= 11 is 3.56. The first-order valence-corrected chi connectivity index (χ1v) is 8.97. The molecule has 0 fully saturated rings. The third kappa shape index (κ3) is 5.57. The molecule has 0 aliphatic carbocycles. The van der Waals surface area contributed by atoms with Gasteiger partial charge >= 0.3 is 0 Å². The standard InChI is InChI=1S/C19H21BrN2O4/c1-3-9-21-12-15-10-18(25-4-2)19(11-17(15)20)26-13-14-5-7-16(8-6-14)22(23)24/h3,5-8,10-11,21H,1,4,9,12-13H2,2H3. The van der Waals surface area contributed by atoms with Crippen molar-refractivity contribution < 1.29 is 14.4 Å². The van der Waals surface area contributed by atoms with Gasteiger partial charge in [-0.2, -0.15) is 0 Å². The molecule has 2 aromatic rings. The molecule has 2 rings (SSSR count). The Kier molecular flexibility index (Phi) is 7.62. The van der Waals surface area contributed by atoms with E-state index in [-0.39, 0.29) is 5.69 Å². The lowest BCUT2D eigenvalue weighted by molar-refractivity contribution is -0.384. The second-order valence-electron chi connectivity index (χ2n) is 5.46. The molecule has 26 heavy (non-hydrogen) atoms. The molecule has 1 N–H and O–H groups in total. The molecular formula is C19H21BrN2O4. The van der Waals surface area contributed by atoms with E-state index >= 15 is 0 Å². The molecule has 7 heteroatoms. The topological polar surface area (TPSA) is 73.6 Å². The largest absolute Gasteiger partial charge is 0.490 e. The molecule has 0 atom stereocenters. The quantitative estimate of drug-likeness (QED) is 0.263. The van der Waals surface area contributed by atoms with Gasteiger partial charge in [0.15, 0.2) is 11.5 Å². The number of halogens is 1. The van der Waals surface area contributed by atoms with Crippen LogP contribution in [0.4, 0.5) is 5.69 Å². The van der Waals surface area contributed by atoms with Crippen molar-refractivity contribution in [1.29, 1.82) is 0 Å². The first kappa shape index (κ1) is 19.9. The van der Waals surface area contributed by atoms with Crippen LogP contribution in [-0.4, -0.2) is 18.1 Å². The third-order valence-electron chi connectivity index (χ3n) is 3.56. The van der Waals surface area contributed by atoms with E-state index in [0.717, 1.165) is 22.1 Å². The van der Waals surface area contributed by atoms with E-state index in [9.17, 15) is 10.1 Å². The van der Waals surface area contributed by atoms with Crippen LogP contribution in [0.25, 0.3) is 0 Å². The van der Waals surface area contributed by atoms with Crippen LogP contribution in [0.1, 0.15) is 18.1 Å². The van der Waals surface area contributed by atoms with Crippen molar-refractivity contribution >= 4 is 21.6 Å². The highest BCUT2D eigenvalue weighted by molar-refractivity contribution is 9.10. The minimum atomic E-state index is -0.423. The Morgan fingerprint density at radius 2 is 1.92 bits per heavy atom. The zero-order valence-corrected chi connectivity index (χ0v) is 16.1. The molecule has 0 aliphatic rings. The number of nitrogens with one attached hydrogen (secondary N) is 1. The first-order chi connectivity index (χ1) is 12.5. The Balaban J connectivity index is 2.12. The second kappa shape index (κ2) is 9.94. The Hall–Kier alpha value is -2.38. The number of hydrogen-bond donors (Lipinski definition) is 1. The maximum atomic E-state index is 10.7. The van der Waals surface area contributed by atoms with E-state index in [0.29, 0.717) is 31.3 Å². The summed E-state index contributed by atoms with van der Waals surface area (Å²) in [4.78, 5) is 10.3. The molecule has 0 bridgehead atoms. The molecule has 2 aromatic carbocycles. The van der Waals surface area contributed by atoms with Crippen LogP contribution < -0.4 is 14.8 Å². The van der Waals surface area contributed by atoms with Gasteiger partial charge in [0.1, 0.15) is 6.61 Å². The number of ether oxygens (including phenoxy) is 2. The molecule has 0 amide bonds. The van der Waals surface area contributed by atoms with Gasteiger partial charge in [0, 0.05) is 29.7 Å². The summed E-state index contributed by atoms with van der Waals surface area (Å²) in [5.74, 6) is 1.28. The van der Waals surface area contributed by atoms with Gasteiger partial charge in [-0.15, -0.1) is 6.58 Å². The fourth-order valence-corrected chi connectivity index (χ4v) is 2.74. The zero-order chi connectivity index (χ0) is 18.9. The van der Waals surface area contributed by atoms with Gasteiger partial charge in [0.2, 0.25) is 0 Å². The van der Waals surface area contributed by atoms with E-state index in [1.165, 1.54) is 12.1 Å². The van der Waals surface area contributed by atoms with Crippen LogP contribution in [0.5, 0.6) is 11.5 Å². The molecule has 0 unspecified atom stereocenters. The maximum absolute atomic E-state index is 10.7. The van der Waals surface area contributed by atoms with Gasteiger partial charge in [-0.1, -0.05) is 22.0 Å². The number of nitro groups is 1. The Morgan fingerprint density at radius 3 is 2.54 bits per heavy atom. The lowest BCUT2D eigenvalue weighted by atomic mass is 10.2. The van der Waals surface area contributed by atoms with Crippen LogP contribution in [0.15, 0.2) is 53.5 Å². The molecule has 0 spiro atoms. The fourth-order valence-electron chi connectivity index (χ4n) is 2.28. The SMILES string of the molecule is C=CCNCc1cc(OCC)c(OCc2ccc([N+](=O)[O-])cc2)cc1Br. The predicted octanol–water partition coefficient (Wildman–Crippen LogP) is 4.61. The van der Waals surface area contributed by atoms with E-state index in [2.05, 4.69) is 27.8 Å². The molecule has 0 aromatic heterocycles. The number of nitro benzene ring substituents is 1. The lowest BCUT2D eigenvalue weighted by Gasteiger charge is -2.15. The van der Waals surface area contributed by atoms with Gasteiger partial charge in [-0.25, -0.2) is 0 Å². The van der Waals surface area contributed by atoms with Crippen LogP contribution in [0.2, 0.25) is 0 Å². The molecule has 0 aliphatic heterocycles. The lowest BCUT2D eigenvalue weighted by Crippen LogP contribution is -2.13. The fraction of sp³-hybridized carbons (Fsp3) is 0.263. The predicted molar refractivity (Wildman–Crippen MR) is 105 cm³/mol. The smallest absolute Gasteiger partial charge is 0.269 e. The van der Waals surface area contributed by atoms with Crippen molar-refractivity contribution in [2.24, 2.45) is 0 Å². The summed E-state index contributed by atoms with van der Waals surface area (Å²) in [6, 6.07) is 10.1. The monoisotopic (exact) mass is 420 g/mol. The number of non-ortho nitro benzene ring substituents is 1. The normalized spacial score (nSPS) is 10.4. The van der Waals surface area contributed by atoms with Crippen molar-refractivity contribution in [1.82, 2.24) is 5.32 Å². The summed E-state index contributed by atoms with van der Waals surface area (Å²) in [5.41, 5.74) is 1.95. The summed E-state index contributed by atoms with van der Waals surface area (Å²) in [7, 11) is 0. The molecule has 0 heterocycles. The summed E-state index contributed by atoms with van der Waals surface area (Å²) in [6.45, 7) is 7.81. The second-order valence-corrected chi connectivity index (χ2v) is 6.31. The van der Waals surface area contributed by atoms with Crippen molar-refractivity contribution in [2.75, 3.05) is 13.2 Å². The van der Waals surface area contributed by atoms with Crippen LogP contribution in [0.3, 0.4) is 0 Å². The van der Waals surface area contributed by atoms with Gasteiger partial charge in [0.05, 0.1) is 11.5 Å². The summed E-state index contributed by atoms with van der Waals surface area (Å²) < 4.78 is 12.5. The minimum absolute atomic E-state index is 0.0582. The van der Waals surface area contributed by atoms with Crippen molar-refractivity contribution in [3.8, 4) is 11.5 Å². The number of nitrogens with zero attached hydrogens (tertiary/aromatic N) is 1. The number of benzene rings is 2. The van der Waals surface area contributed by atoms with E-state index in [4.69, 9.17) is 9.47 Å². The van der Waals surface area contributed by atoms with Crippen LogP contribution in [-0.2, 0) is 13.2 Å². The van der Waals surface area contributed by atoms with E-state index in [1.54, 1.807) is 18.2 Å². The molecule has 138 valence electrons. The highest BCUT2D eigenvalue weighted by Crippen LogP contribution is 2.34. The number of hydrogen-bond acceptors (Lipinski definition) is 5. The average Bonchev–Trinajstić information content (AvgIpc) is 2.63. The molecule has 0 radical (unpaired) electrons. The first-order valence-electron chi connectivity index (χ1n) is 8.18. The van der Waals surface area contributed by atoms with Gasteiger partial charge in [-0.05, 0) is 42.3 Å². The minimum Gasteiger partial charge on any atom is -0.490 e. The van der Waals surface area contributed by atoms with Crippen LogP contribution in [0, 0.1) is 10.1 Å². The van der Waals surface area contributed by atoms with E-state index < -0.39 is 4.92 Å². The summed E-state index contributed by atoms with van der Waals surface area (Å²) in [5, 5.41) is 14.0. The molecule has 0 saturated heterocycles. The highest BCUT2D eigenvalue weighted by Gasteiger charge is 2.12. The van der Waals surface area contributed by atoms with Crippen molar-refractivity contribution in [2.45, 2.75) is 20.1 Å². The summed E-state index contributed by atoms with van der Waals surface area (Å²) in [6.07, 6.45) is 1.80. The van der Waals surface area contributed by atoms with Crippen molar-refractivity contribution in [3.63, 3.8) is 0 Å². The Labute approximate surface area is 161 Å². The van der Waals surface area contributed by atoms with Gasteiger partial charge in [0.25, 0.3) is 5.69 Å². The Morgan fingerprint density at radius 1 is 1.23 bits per heavy atom. The van der Waals surface area contributed by atoms with Crippen molar-refractivity contribution in [3.05, 3.63) is 74.8 Å². The molecular weight excluding hydrogens is 400 g/mol. The highest BCUT2D eigenvalue weighted by atomic mass is 79.9. The maximum Gasteiger partial charge on any atom is 0.269 e. The zero-order valence-electron chi connectivity index (χ0n) is 14.5. The van der Waals surface area contributed by atoms with Crippen LogP contribution >= 0.6 is 15.9 Å². The van der Waals surface area contributed by atoms with E-state index in [1.807, 2.05) is 19.1 Å². The average molecular weight is 421 g/mol. The van der Waals surface area contributed by atoms with Gasteiger partial charge < -0.3 is 14.8 Å². The molecule has 6 nitrogen and oxygen atoms in total. The third-order valence-corrected chi connectivity index (χ3v) is 4.30. The number of rotatable bonds is 10. The Bertz CT molecular complexity index is 763.